The highest BCUT2D eigenvalue weighted by molar-refractivity contribution is 4.87. The molecule has 0 saturated heterocycles. The lowest BCUT2D eigenvalue weighted by Gasteiger charge is -2.33. The molecular weight excluding hydrogens is 216 g/mol. The van der Waals surface area contributed by atoms with Crippen molar-refractivity contribution in [2.75, 3.05) is 26.4 Å². The fourth-order valence-electron chi connectivity index (χ4n) is 1.84. The maximum Gasteiger partial charge on any atom is 0.108 e. The minimum absolute atomic E-state index is 0.127. The number of aliphatic hydroxyl groups excluding tert-OH is 2. The zero-order chi connectivity index (χ0) is 13.0. The van der Waals surface area contributed by atoms with E-state index in [1.807, 2.05) is 0 Å². The molecule has 96 valence electrons. The number of rotatable bonds is 4. The zero-order valence-corrected chi connectivity index (χ0v) is 10.3. The molecule has 1 aliphatic carbocycles. The van der Waals surface area contributed by atoms with Crippen LogP contribution in [-0.2, 0) is 4.74 Å². The van der Waals surface area contributed by atoms with Crippen LogP contribution in [0.4, 0.5) is 0 Å². The number of terminal acetylenes is 2. The largest absolute Gasteiger partial charge is 0.396 e. The van der Waals surface area contributed by atoms with Crippen molar-refractivity contribution in [3.63, 3.8) is 0 Å². The topological polar surface area (TPSA) is 49.7 Å². The Labute approximate surface area is 104 Å². The van der Waals surface area contributed by atoms with E-state index >= 15 is 0 Å². The van der Waals surface area contributed by atoms with Gasteiger partial charge in [-0.1, -0.05) is 31.1 Å². The van der Waals surface area contributed by atoms with Crippen molar-refractivity contribution in [3.05, 3.63) is 0 Å². The van der Waals surface area contributed by atoms with Gasteiger partial charge in [-0.3, -0.25) is 0 Å². The first kappa shape index (κ1) is 16.0. The standard InChI is InChI=1S/C8H16O2.C6H6O/c9-6-8(7-10)4-2-1-3-5-8;1-3-5-7-6-4-2/h9-10H,1-7H2;1-2H,5-6H2. The quantitative estimate of drug-likeness (QED) is 0.571. The molecule has 0 heterocycles. The summed E-state index contributed by atoms with van der Waals surface area (Å²) in [5, 5.41) is 18.0. The van der Waals surface area contributed by atoms with Crippen molar-refractivity contribution in [2.24, 2.45) is 5.41 Å². The van der Waals surface area contributed by atoms with Crippen molar-refractivity contribution in [3.8, 4) is 24.7 Å². The average Bonchev–Trinajstić information content (AvgIpc) is 2.41. The summed E-state index contributed by atoms with van der Waals surface area (Å²) < 4.78 is 4.66. The molecule has 2 N–H and O–H groups in total. The van der Waals surface area contributed by atoms with Gasteiger partial charge in [-0.15, -0.1) is 12.8 Å². The SMILES string of the molecule is C#CCOCC#C.OCC1(CO)CCCCC1. The van der Waals surface area contributed by atoms with Gasteiger partial charge >= 0.3 is 0 Å². The Hall–Kier alpha value is -1.00. The van der Waals surface area contributed by atoms with Gasteiger partial charge in [-0.2, -0.15) is 0 Å². The molecule has 0 aliphatic heterocycles. The van der Waals surface area contributed by atoms with Gasteiger partial charge in [-0.05, 0) is 12.8 Å². The van der Waals surface area contributed by atoms with Crippen LogP contribution in [0.25, 0.3) is 0 Å². The van der Waals surface area contributed by atoms with E-state index in [0.717, 1.165) is 12.8 Å². The van der Waals surface area contributed by atoms with Gasteiger partial charge in [0.15, 0.2) is 0 Å². The van der Waals surface area contributed by atoms with Gasteiger partial charge in [0.2, 0.25) is 0 Å². The van der Waals surface area contributed by atoms with E-state index in [-0.39, 0.29) is 18.6 Å². The molecule has 0 aromatic heterocycles. The minimum Gasteiger partial charge on any atom is -0.396 e. The lowest BCUT2D eigenvalue weighted by atomic mass is 9.75. The summed E-state index contributed by atoms with van der Waals surface area (Å²) >= 11 is 0. The van der Waals surface area contributed by atoms with Gasteiger partial charge in [0.1, 0.15) is 13.2 Å². The Morgan fingerprint density at radius 3 is 1.71 bits per heavy atom. The predicted octanol–water partition coefficient (Wildman–Crippen LogP) is 1.19. The van der Waals surface area contributed by atoms with Gasteiger partial charge < -0.3 is 14.9 Å². The van der Waals surface area contributed by atoms with E-state index < -0.39 is 0 Å². The van der Waals surface area contributed by atoms with E-state index in [4.69, 9.17) is 23.1 Å². The minimum atomic E-state index is -0.127. The predicted molar refractivity (Wildman–Crippen MR) is 68.2 cm³/mol. The van der Waals surface area contributed by atoms with Crippen LogP contribution in [0.1, 0.15) is 32.1 Å². The summed E-state index contributed by atoms with van der Waals surface area (Å²) in [6.07, 6.45) is 15.3. The van der Waals surface area contributed by atoms with Crippen molar-refractivity contribution in [1.29, 1.82) is 0 Å². The monoisotopic (exact) mass is 238 g/mol. The Morgan fingerprint density at radius 1 is 0.941 bits per heavy atom. The molecule has 17 heavy (non-hydrogen) atoms. The summed E-state index contributed by atoms with van der Waals surface area (Å²) in [7, 11) is 0. The highest BCUT2D eigenvalue weighted by Gasteiger charge is 2.30. The van der Waals surface area contributed by atoms with Crippen LogP contribution in [0, 0.1) is 30.1 Å². The normalized spacial score (nSPS) is 17.2. The first-order valence-corrected chi connectivity index (χ1v) is 5.91. The molecule has 0 atom stereocenters. The number of ether oxygens (including phenoxy) is 1. The zero-order valence-electron chi connectivity index (χ0n) is 10.3. The molecule has 1 fully saturated rings. The van der Waals surface area contributed by atoms with Crippen molar-refractivity contribution >= 4 is 0 Å². The fraction of sp³-hybridized carbons (Fsp3) is 0.714. The Kier molecular flexibility index (Phi) is 9.57. The van der Waals surface area contributed by atoms with Crippen LogP contribution in [0.2, 0.25) is 0 Å². The van der Waals surface area contributed by atoms with Crippen molar-refractivity contribution in [2.45, 2.75) is 32.1 Å². The molecule has 3 nitrogen and oxygen atoms in total. The molecular formula is C14H22O3. The van der Waals surface area contributed by atoms with Crippen LogP contribution in [0.15, 0.2) is 0 Å². The maximum atomic E-state index is 8.98. The van der Waals surface area contributed by atoms with Gasteiger partial charge in [0.05, 0.1) is 13.2 Å². The molecule has 1 saturated carbocycles. The molecule has 1 aliphatic rings. The van der Waals surface area contributed by atoms with E-state index in [2.05, 4.69) is 16.6 Å². The molecule has 0 radical (unpaired) electrons. The molecule has 0 aromatic rings. The average molecular weight is 238 g/mol. The van der Waals surface area contributed by atoms with Crippen molar-refractivity contribution in [1.82, 2.24) is 0 Å². The van der Waals surface area contributed by atoms with Gasteiger partial charge in [0.25, 0.3) is 0 Å². The smallest absolute Gasteiger partial charge is 0.108 e. The van der Waals surface area contributed by atoms with Crippen LogP contribution < -0.4 is 0 Å². The summed E-state index contributed by atoms with van der Waals surface area (Å²) in [6, 6.07) is 0. The van der Waals surface area contributed by atoms with E-state index in [1.54, 1.807) is 0 Å². The van der Waals surface area contributed by atoms with Crippen LogP contribution in [0.5, 0.6) is 0 Å². The second-order valence-electron chi connectivity index (χ2n) is 4.28. The molecule has 0 unspecified atom stereocenters. The number of hydrogen-bond donors (Lipinski definition) is 2. The van der Waals surface area contributed by atoms with Gasteiger partial charge in [0, 0.05) is 5.41 Å². The summed E-state index contributed by atoms with van der Waals surface area (Å²) in [5.41, 5.74) is -0.127. The molecule has 1 rings (SSSR count). The van der Waals surface area contributed by atoms with Crippen LogP contribution >= 0.6 is 0 Å². The fourth-order valence-corrected chi connectivity index (χ4v) is 1.84. The highest BCUT2D eigenvalue weighted by Crippen LogP contribution is 2.34. The lowest BCUT2D eigenvalue weighted by molar-refractivity contribution is 0.0234. The molecule has 0 amide bonds. The number of hydrogen-bond acceptors (Lipinski definition) is 3. The Bertz CT molecular complexity index is 234. The first-order valence-electron chi connectivity index (χ1n) is 5.91. The number of aliphatic hydroxyl groups is 2. The molecule has 3 heteroatoms. The van der Waals surface area contributed by atoms with Gasteiger partial charge in [-0.25, -0.2) is 0 Å². The molecule has 0 aromatic carbocycles. The first-order chi connectivity index (χ1) is 8.24. The Morgan fingerprint density at radius 2 is 1.41 bits per heavy atom. The van der Waals surface area contributed by atoms with E-state index in [1.165, 1.54) is 19.3 Å². The highest BCUT2D eigenvalue weighted by atomic mass is 16.5. The Balaban J connectivity index is 0.000000325. The third-order valence-corrected chi connectivity index (χ3v) is 2.96. The van der Waals surface area contributed by atoms with Crippen molar-refractivity contribution < 1.29 is 14.9 Å². The van der Waals surface area contributed by atoms with Crippen LogP contribution in [-0.4, -0.2) is 36.6 Å². The molecule has 0 spiro atoms. The summed E-state index contributed by atoms with van der Waals surface area (Å²) in [4.78, 5) is 0. The molecule has 0 bridgehead atoms. The van der Waals surface area contributed by atoms with E-state index in [9.17, 15) is 0 Å². The maximum absolute atomic E-state index is 8.98. The summed E-state index contributed by atoms with van der Waals surface area (Å²) in [5.74, 6) is 4.57. The summed E-state index contributed by atoms with van der Waals surface area (Å²) in [6.45, 7) is 0.932. The van der Waals surface area contributed by atoms with E-state index in [0.29, 0.717) is 13.2 Å². The third kappa shape index (κ3) is 7.02. The lowest BCUT2D eigenvalue weighted by Crippen LogP contribution is -2.31. The second-order valence-corrected chi connectivity index (χ2v) is 4.28. The second kappa shape index (κ2) is 10.2. The van der Waals surface area contributed by atoms with Crippen LogP contribution in [0.3, 0.4) is 0 Å². The third-order valence-electron chi connectivity index (χ3n) is 2.96.